The minimum absolute atomic E-state index is 0.0180. The molecule has 4 rings (SSSR count). The first-order valence-electron chi connectivity index (χ1n) is 9.59. The monoisotopic (exact) mass is 371 g/mol. The molecule has 0 bridgehead atoms. The maximum absolute atomic E-state index is 12.7. The van der Waals surface area contributed by atoms with E-state index in [0.717, 1.165) is 29.8 Å². The normalized spacial score (nSPS) is 21.3. The highest BCUT2D eigenvalue weighted by molar-refractivity contribution is 5.83. The maximum atomic E-state index is 12.7. The van der Waals surface area contributed by atoms with E-state index in [2.05, 4.69) is 4.98 Å². The van der Waals surface area contributed by atoms with Crippen LogP contribution in [0.1, 0.15) is 38.5 Å². The van der Waals surface area contributed by atoms with Crippen molar-refractivity contribution < 1.29 is 18.7 Å². The first-order valence-corrected chi connectivity index (χ1v) is 9.59. The number of carbonyl (C=O) groups is 2. The number of carbonyl (C=O) groups excluding carboxylic acids is 2. The summed E-state index contributed by atoms with van der Waals surface area (Å²) in [4.78, 5) is 32.6. The summed E-state index contributed by atoms with van der Waals surface area (Å²) < 4.78 is 11.0. The van der Waals surface area contributed by atoms with Gasteiger partial charge in [-0.3, -0.25) is 9.69 Å². The van der Waals surface area contributed by atoms with E-state index in [4.69, 9.17) is 9.15 Å². The van der Waals surface area contributed by atoms with E-state index in [1.807, 2.05) is 43.0 Å². The number of benzene rings is 1. The summed E-state index contributed by atoms with van der Waals surface area (Å²) in [6, 6.07) is 7.72. The van der Waals surface area contributed by atoms with Crippen LogP contribution < -0.4 is 0 Å². The van der Waals surface area contributed by atoms with E-state index in [1.165, 1.54) is 0 Å². The summed E-state index contributed by atoms with van der Waals surface area (Å²) in [5.41, 5.74) is 1.68. The highest BCUT2D eigenvalue weighted by Crippen LogP contribution is 2.30. The van der Waals surface area contributed by atoms with Gasteiger partial charge < -0.3 is 14.1 Å². The lowest BCUT2D eigenvalue weighted by molar-refractivity contribution is -0.133. The first-order chi connectivity index (χ1) is 13.0. The zero-order chi connectivity index (χ0) is 19.0. The molecule has 7 heteroatoms. The van der Waals surface area contributed by atoms with E-state index in [0.29, 0.717) is 19.7 Å². The van der Waals surface area contributed by atoms with Crippen molar-refractivity contribution in [2.24, 2.45) is 5.92 Å². The van der Waals surface area contributed by atoms with Gasteiger partial charge in [0.05, 0.1) is 6.04 Å². The molecule has 7 nitrogen and oxygen atoms in total. The van der Waals surface area contributed by atoms with Crippen LogP contribution in [0.5, 0.6) is 0 Å². The standard InChI is InChI=1S/C20H25N3O4/c1-13(2)16-12-26-20(25)23(16)11-18(24)22-9-7-14(8-10-22)19-21-15-5-3-4-6-17(15)27-19/h3-6,13-14,16H,7-12H2,1-2H3/t16-/m1/s1. The second kappa shape index (κ2) is 7.21. The van der Waals surface area contributed by atoms with E-state index in [-0.39, 0.29) is 36.4 Å². The Morgan fingerprint density at radius 3 is 2.70 bits per heavy atom. The molecule has 1 atom stereocenters. The predicted molar refractivity (Wildman–Crippen MR) is 99.2 cm³/mol. The minimum atomic E-state index is -0.386. The number of fused-ring (bicyclic) bond motifs is 1. The van der Waals surface area contributed by atoms with Crippen LogP contribution in [0, 0.1) is 5.92 Å². The van der Waals surface area contributed by atoms with Gasteiger partial charge in [0.15, 0.2) is 11.5 Å². The number of amides is 2. The SMILES string of the molecule is CC(C)[C@H]1COC(=O)N1CC(=O)N1CCC(c2nc3ccccc3o2)CC1. The van der Waals surface area contributed by atoms with Gasteiger partial charge in [-0.2, -0.15) is 0 Å². The molecule has 144 valence electrons. The second-order valence-corrected chi connectivity index (χ2v) is 7.69. The van der Waals surface area contributed by atoms with Crippen LogP contribution in [0.25, 0.3) is 11.1 Å². The number of oxazole rings is 1. The fraction of sp³-hybridized carbons (Fsp3) is 0.550. The zero-order valence-corrected chi connectivity index (χ0v) is 15.8. The molecule has 0 N–H and O–H groups in total. The molecule has 2 aromatic rings. The number of hydrogen-bond donors (Lipinski definition) is 0. The molecule has 0 saturated carbocycles. The molecule has 2 amide bonds. The summed E-state index contributed by atoms with van der Waals surface area (Å²) >= 11 is 0. The van der Waals surface area contributed by atoms with Gasteiger partial charge in [0.2, 0.25) is 5.91 Å². The fourth-order valence-electron chi connectivity index (χ4n) is 3.89. The first kappa shape index (κ1) is 17.8. The lowest BCUT2D eigenvalue weighted by atomic mass is 9.96. The number of rotatable bonds is 4. The van der Waals surface area contributed by atoms with Crippen molar-refractivity contribution in [1.82, 2.24) is 14.8 Å². The molecule has 2 fully saturated rings. The average molecular weight is 371 g/mol. The van der Waals surface area contributed by atoms with Crippen LogP contribution in [-0.4, -0.2) is 59.1 Å². The molecule has 0 spiro atoms. The third-order valence-corrected chi connectivity index (χ3v) is 5.59. The molecule has 2 aliphatic rings. The average Bonchev–Trinajstić information content (AvgIpc) is 3.26. The van der Waals surface area contributed by atoms with Gasteiger partial charge in [0, 0.05) is 19.0 Å². The van der Waals surface area contributed by atoms with Gasteiger partial charge >= 0.3 is 6.09 Å². The Bertz CT molecular complexity index is 806. The molecule has 1 aromatic carbocycles. The van der Waals surface area contributed by atoms with Crippen LogP contribution in [0.4, 0.5) is 4.79 Å². The van der Waals surface area contributed by atoms with Crippen molar-refractivity contribution in [1.29, 1.82) is 0 Å². The minimum Gasteiger partial charge on any atom is -0.447 e. The van der Waals surface area contributed by atoms with Gasteiger partial charge in [0.25, 0.3) is 0 Å². The summed E-state index contributed by atoms with van der Waals surface area (Å²) in [5.74, 6) is 1.22. The lowest BCUT2D eigenvalue weighted by Crippen LogP contribution is -2.47. The molecular formula is C20H25N3O4. The molecule has 2 saturated heterocycles. The van der Waals surface area contributed by atoms with Crippen LogP contribution in [0.15, 0.2) is 28.7 Å². The van der Waals surface area contributed by atoms with Crippen molar-refractivity contribution in [3.8, 4) is 0 Å². The predicted octanol–water partition coefficient (Wildman–Crippen LogP) is 3.01. The Labute approximate surface area is 158 Å². The molecule has 0 radical (unpaired) electrons. The summed E-state index contributed by atoms with van der Waals surface area (Å²) in [5, 5.41) is 0. The third-order valence-electron chi connectivity index (χ3n) is 5.59. The van der Waals surface area contributed by atoms with Gasteiger partial charge in [-0.05, 0) is 30.9 Å². The van der Waals surface area contributed by atoms with E-state index in [9.17, 15) is 9.59 Å². The Balaban J connectivity index is 1.36. The van der Waals surface area contributed by atoms with Crippen LogP contribution in [0.3, 0.4) is 0 Å². The Hall–Kier alpha value is -2.57. The number of piperidine rings is 1. The van der Waals surface area contributed by atoms with E-state index >= 15 is 0 Å². The zero-order valence-electron chi connectivity index (χ0n) is 15.8. The van der Waals surface area contributed by atoms with Crippen molar-refractivity contribution in [3.63, 3.8) is 0 Å². The summed E-state index contributed by atoms with van der Waals surface area (Å²) in [7, 11) is 0. The van der Waals surface area contributed by atoms with Gasteiger partial charge in [-0.15, -0.1) is 0 Å². The maximum Gasteiger partial charge on any atom is 0.410 e. The van der Waals surface area contributed by atoms with Crippen LogP contribution in [-0.2, 0) is 9.53 Å². The highest BCUT2D eigenvalue weighted by atomic mass is 16.6. The Morgan fingerprint density at radius 1 is 1.26 bits per heavy atom. The molecular weight excluding hydrogens is 346 g/mol. The van der Waals surface area contributed by atoms with Crippen LogP contribution >= 0.6 is 0 Å². The second-order valence-electron chi connectivity index (χ2n) is 7.69. The smallest absolute Gasteiger partial charge is 0.410 e. The van der Waals surface area contributed by atoms with E-state index < -0.39 is 0 Å². The Kier molecular flexibility index (Phi) is 4.76. The van der Waals surface area contributed by atoms with Gasteiger partial charge in [-0.1, -0.05) is 26.0 Å². The van der Waals surface area contributed by atoms with Crippen LogP contribution in [0.2, 0.25) is 0 Å². The summed E-state index contributed by atoms with van der Waals surface area (Å²) in [6.45, 7) is 5.83. The lowest BCUT2D eigenvalue weighted by Gasteiger charge is -2.32. The Morgan fingerprint density at radius 2 is 2.00 bits per heavy atom. The van der Waals surface area contributed by atoms with Gasteiger partial charge in [0.1, 0.15) is 18.7 Å². The number of nitrogens with zero attached hydrogens (tertiary/aromatic N) is 3. The van der Waals surface area contributed by atoms with E-state index in [1.54, 1.807) is 4.90 Å². The number of cyclic esters (lactones) is 1. The largest absolute Gasteiger partial charge is 0.447 e. The quantitative estimate of drug-likeness (QED) is 0.826. The van der Waals surface area contributed by atoms with Crippen molar-refractivity contribution in [2.45, 2.75) is 38.6 Å². The molecule has 27 heavy (non-hydrogen) atoms. The third kappa shape index (κ3) is 3.50. The number of hydrogen-bond acceptors (Lipinski definition) is 5. The fourth-order valence-corrected chi connectivity index (χ4v) is 3.89. The molecule has 2 aliphatic heterocycles. The highest BCUT2D eigenvalue weighted by Gasteiger charge is 2.37. The molecule has 1 aromatic heterocycles. The number of ether oxygens (including phenoxy) is 1. The molecule has 0 unspecified atom stereocenters. The van der Waals surface area contributed by atoms with Gasteiger partial charge in [-0.25, -0.2) is 9.78 Å². The van der Waals surface area contributed by atoms with Crippen molar-refractivity contribution in [2.75, 3.05) is 26.2 Å². The van der Waals surface area contributed by atoms with Crippen molar-refractivity contribution >= 4 is 23.1 Å². The number of likely N-dealkylation sites (tertiary alicyclic amines) is 1. The topological polar surface area (TPSA) is 75.9 Å². The van der Waals surface area contributed by atoms with Crippen molar-refractivity contribution in [3.05, 3.63) is 30.2 Å². The molecule has 3 heterocycles. The number of para-hydroxylation sites is 2. The number of aromatic nitrogens is 1. The summed E-state index contributed by atoms with van der Waals surface area (Å²) in [6.07, 6.45) is 1.25. The molecule has 0 aliphatic carbocycles.